The highest BCUT2D eigenvalue weighted by Gasteiger charge is 2.20. The predicted octanol–water partition coefficient (Wildman–Crippen LogP) is 2.46. The summed E-state index contributed by atoms with van der Waals surface area (Å²) < 4.78 is 0. The van der Waals surface area contributed by atoms with Gasteiger partial charge in [-0.2, -0.15) is 0 Å². The number of hydrogen-bond donors (Lipinski definition) is 1. The van der Waals surface area contributed by atoms with E-state index in [-0.39, 0.29) is 0 Å². The third kappa shape index (κ3) is 1.67. The van der Waals surface area contributed by atoms with E-state index in [0.717, 1.165) is 5.82 Å². The van der Waals surface area contributed by atoms with E-state index in [1.807, 2.05) is 12.3 Å². The molecule has 0 aliphatic carbocycles. The maximum absolute atomic E-state index is 4.34. The molecule has 0 bridgehead atoms. The minimum absolute atomic E-state index is 0.599. The molecule has 1 aromatic heterocycles. The number of pyridine rings is 1. The summed E-state index contributed by atoms with van der Waals surface area (Å²) in [5.41, 5.74) is 1.36. The van der Waals surface area contributed by atoms with Crippen LogP contribution in [0.2, 0.25) is 0 Å². The molecule has 13 heavy (non-hydrogen) atoms. The van der Waals surface area contributed by atoms with Crippen molar-refractivity contribution in [2.45, 2.75) is 32.7 Å². The van der Waals surface area contributed by atoms with Crippen LogP contribution in [0.1, 0.15) is 25.8 Å². The average Bonchev–Trinajstić information content (AvgIpc) is 2.17. The molecule has 0 radical (unpaired) electrons. The minimum atomic E-state index is 0.599. The van der Waals surface area contributed by atoms with Gasteiger partial charge < -0.3 is 5.32 Å². The maximum atomic E-state index is 4.34. The molecule has 1 N–H and O–H groups in total. The fraction of sp³-hybridized carbons (Fsp3) is 0.545. The van der Waals surface area contributed by atoms with Crippen LogP contribution in [0.3, 0.4) is 0 Å². The molecule has 0 saturated carbocycles. The van der Waals surface area contributed by atoms with Gasteiger partial charge >= 0.3 is 0 Å². The molecule has 1 aliphatic rings. The van der Waals surface area contributed by atoms with Crippen LogP contribution >= 0.6 is 0 Å². The van der Waals surface area contributed by atoms with Gasteiger partial charge in [0, 0.05) is 12.2 Å². The van der Waals surface area contributed by atoms with Crippen LogP contribution < -0.4 is 5.32 Å². The molecule has 0 fully saturated rings. The number of fused-ring (bicyclic) bond motifs is 1. The van der Waals surface area contributed by atoms with E-state index in [1.165, 1.54) is 18.4 Å². The monoisotopic (exact) mass is 176 g/mol. The van der Waals surface area contributed by atoms with Crippen LogP contribution in [0, 0.1) is 5.92 Å². The number of nitrogens with zero attached hydrogens (tertiary/aromatic N) is 1. The summed E-state index contributed by atoms with van der Waals surface area (Å²) in [5, 5.41) is 3.49. The van der Waals surface area contributed by atoms with Crippen LogP contribution in [-0.2, 0) is 6.42 Å². The smallest absolute Gasteiger partial charge is 0.129 e. The topological polar surface area (TPSA) is 24.9 Å². The number of aryl methyl sites for hydroxylation is 1. The lowest BCUT2D eigenvalue weighted by atomic mass is 9.93. The summed E-state index contributed by atoms with van der Waals surface area (Å²) in [6.07, 6.45) is 4.25. The first-order chi connectivity index (χ1) is 6.27. The number of rotatable bonds is 1. The lowest BCUT2D eigenvalue weighted by Gasteiger charge is -2.28. The molecule has 0 aromatic carbocycles. The molecule has 0 amide bonds. The van der Waals surface area contributed by atoms with Gasteiger partial charge in [-0.15, -0.1) is 0 Å². The highest BCUT2D eigenvalue weighted by atomic mass is 15.0. The second-order valence-electron chi connectivity index (χ2n) is 4.04. The number of hydrogen-bond acceptors (Lipinski definition) is 2. The van der Waals surface area contributed by atoms with Crippen molar-refractivity contribution in [2.75, 3.05) is 5.32 Å². The van der Waals surface area contributed by atoms with Gasteiger partial charge in [0.1, 0.15) is 5.82 Å². The molecule has 1 aliphatic heterocycles. The summed E-state index contributed by atoms with van der Waals surface area (Å²) in [6.45, 7) is 4.51. The van der Waals surface area contributed by atoms with Crippen molar-refractivity contribution < 1.29 is 0 Å². The van der Waals surface area contributed by atoms with Crippen molar-refractivity contribution in [3.05, 3.63) is 23.9 Å². The Hall–Kier alpha value is -1.05. The Morgan fingerprint density at radius 1 is 1.54 bits per heavy atom. The quantitative estimate of drug-likeness (QED) is 0.711. The van der Waals surface area contributed by atoms with Crippen LogP contribution in [0.15, 0.2) is 18.3 Å². The van der Waals surface area contributed by atoms with Crippen molar-refractivity contribution in [3.8, 4) is 0 Å². The SMILES string of the molecule is CC(C)C1CCc2cccnc2N1. The normalized spacial score (nSPS) is 21.0. The third-order valence-electron chi connectivity index (χ3n) is 2.74. The molecule has 2 heterocycles. The zero-order chi connectivity index (χ0) is 9.26. The third-order valence-corrected chi connectivity index (χ3v) is 2.74. The summed E-state index contributed by atoms with van der Waals surface area (Å²) in [7, 11) is 0. The van der Waals surface area contributed by atoms with E-state index in [4.69, 9.17) is 0 Å². The van der Waals surface area contributed by atoms with Gasteiger partial charge in [0.15, 0.2) is 0 Å². The van der Waals surface area contributed by atoms with E-state index in [9.17, 15) is 0 Å². The Labute approximate surface area is 79.4 Å². The van der Waals surface area contributed by atoms with Gasteiger partial charge in [-0.25, -0.2) is 4.98 Å². The molecule has 1 unspecified atom stereocenters. The molecule has 2 heteroatoms. The van der Waals surface area contributed by atoms with Gasteiger partial charge in [-0.3, -0.25) is 0 Å². The lowest BCUT2D eigenvalue weighted by Crippen LogP contribution is -2.30. The van der Waals surface area contributed by atoms with E-state index < -0.39 is 0 Å². The van der Waals surface area contributed by atoms with Crippen LogP contribution in [-0.4, -0.2) is 11.0 Å². The molecule has 0 saturated heterocycles. The van der Waals surface area contributed by atoms with Crippen LogP contribution in [0.5, 0.6) is 0 Å². The first-order valence-corrected chi connectivity index (χ1v) is 4.98. The molecular weight excluding hydrogens is 160 g/mol. The zero-order valence-electron chi connectivity index (χ0n) is 8.25. The Morgan fingerprint density at radius 3 is 3.15 bits per heavy atom. The highest BCUT2D eigenvalue weighted by molar-refractivity contribution is 5.46. The van der Waals surface area contributed by atoms with E-state index >= 15 is 0 Å². The van der Waals surface area contributed by atoms with Gasteiger partial charge in [-0.05, 0) is 30.4 Å². The second kappa shape index (κ2) is 3.36. The van der Waals surface area contributed by atoms with Crippen LogP contribution in [0.25, 0.3) is 0 Å². The number of aromatic nitrogens is 1. The zero-order valence-corrected chi connectivity index (χ0v) is 8.25. The Balaban J connectivity index is 2.20. The summed E-state index contributed by atoms with van der Waals surface area (Å²) in [6, 6.07) is 4.77. The van der Waals surface area contributed by atoms with E-state index in [2.05, 4.69) is 30.2 Å². The highest BCUT2D eigenvalue weighted by Crippen LogP contribution is 2.24. The van der Waals surface area contributed by atoms with Crippen molar-refractivity contribution >= 4 is 5.82 Å². The summed E-state index contributed by atoms with van der Waals surface area (Å²) >= 11 is 0. The number of anilines is 1. The van der Waals surface area contributed by atoms with Gasteiger partial charge in [-0.1, -0.05) is 19.9 Å². The fourth-order valence-corrected chi connectivity index (χ4v) is 1.83. The first kappa shape index (κ1) is 8.54. The molecule has 70 valence electrons. The molecular formula is C11H16N2. The van der Waals surface area contributed by atoms with Gasteiger partial charge in [0.2, 0.25) is 0 Å². The first-order valence-electron chi connectivity index (χ1n) is 4.98. The Morgan fingerprint density at radius 2 is 2.38 bits per heavy atom. The lowest BCUT2D eigenvalue weighted by molar-refractivity contribution is 0.480. The molecule has 1 atom stereocenters. The molecule has 2 rings (SSSR count). The van der Waals surface area contributed by atoms with Gasteiger partial charge in [0.25, 0.3) is 0 Å². The molecule has 1 aromatic rings. The summed E-state index contributed by atoms with van der Waals surface area (Å²) in [4.78, 5) is 4.34. The van der Waals surface area contributed by atoms with E-state index in [1.54, 1.807) is 0 Å². The fourth-order valence-electron chi connectivity index (χ4n) is 1.83. The molecule has 2 nitrogen and oxygen atoms in total. The van der Waals surface area contributed by atoms with E-state index in [0.29, 0.717) is 12.0 Å². The standard InChI is InChI=1S/C11H16N2/c1-8(2)10-6-5-9-4-3-7-12-11(9)13-10/h3-4,7-8,10H,5-6H2,1-2H3,(H,12,13). The second-order valence-corrected chi connectivity index (χ2v) is 4.04. The Bertz CT molecular complexity index is 294. The maximum Gasteiger partial charge on any atom is 0.129 e. The Kier molecular flexibility index (Phi) is 2.21. The predicted molar refractivity (Wildman–Crippen MR) is 54.8 cm³/mol. The number of nitrogens with one attached hydrogen (secondary N) is 1. The molecule has 0 spiro atoms. The van der Waals surface area contributed by atoms with Crippen molar-refractivity contribution in [1.82, 2.24) is 4.98 Å². The van der Waals surface area contributed by atoms with Crippen LogP contribution in [0.4, 0.5) is 5.82 Å². The van der Waals surface area contributed by atoms with Gasteiger partial charge in [0.05, 0.1) is 0 Å². The minimum Gasteiger partial charge on any atom is -0.367 e. The largest absolute Gasteiger partial charge is 0.367 e. The van der Waals surface area contributed by atoms with Crippen molar-refractivity contribution in [2.24, 2.45) is 5.92 Å². The average molecular weight is 176 g/mol. The summed E-state index contributed by atoms with van der Waals surface area (Å²) in [5.74, 6) is 1.78. The van der Waals surface area contributed by atoms with Crippen molar-refractivity contribution in [1.29, 1.82) is 0 Å². The van der Waals surface area contributed by atoms with Crippen molar-refractivity contribution in [3.63, 3.8) is 0 Å².